The summed E-state index contributed by atoms with van der Waals surface area (Å²) in [5.41, 5.74) is 7.08. The van der Waals surface area contributed by atoms with E-state index in [2.05, 4.69) is 46.0 Å². The molecule has 0 aromatic heterocycles. The topological polar surface area (TPSA) is 38.0 Å². The zero-order valence-corrected chi connectivity index (χ0v) is 8.73. The quantitative estimate of drug-likeness (QED) is 0.577. The lowest BCUT2D eigenvalue weighted by atomic mass is 9.79. The van der Waals surface area contributed by atoms with Crippen LogP contribution in [0.1, 0.15) is 34.6 Å². The van der Waals surface area contributed by atoms with E-state index in [4.69, 9.17) is 5.73 Å². The second-order valence-corrected chi connectivity index (χ2v) is 4.93. The van der Waals surface area contributed by atoms with Gasteiger partial charge in [-0.05, 0) is 33.8 Å². The van der Waals surface area contributed by atoms with E-state index in [0.29, 0.717) is 5.92 Å². The smallest absolute Gasteiger partial charge is 0.0331 e. The molecule has 0 bridgehead atoms. The maximum absolute atomic E-state index is 5.95. The van der Waals surface area contributed by atoms with Gasteiger partial charge in [-0.15, -0.1) is 0 Å². The maximum Gasteiger partial charge on any atom is 0.0331 e. The van der Waals surface area contributed by atoms with E-state index in [0.717, 1.165) is 5.70 Å². The average molecular weight is 168 g/mol. The van der Waals surface area contributed by atoms with Gasteiger partial charge in [0.2, 0.25) is 0 Å². The van der Waals surface area contributed by atoms with Gasteiger partial charge in [0, 0.05) is 22.7 Å². The molecule has 70 valence electrons. The first kappa shape index (κ1) is 9.59. The van der Waals surface area contributed by atoms with Gasteiger partial charge in [0.1, 0.15) is 0 Å². The van der Waals surface area contributed by atoms with Crippen LogP contribution < -0.4 is 11.1 Å². The first-order chi connectivity index (χ1) is 5.25. The fourth-order valence-corrected chi connectivity index (χ4v) is 1.93. The molecule has 0 aromatic rings. The van der Waals surface area contributed by atoms with E-state index < -0.39 is 0 Å². The van der Waals surface area contributed by atoms with Crippen LogP contribution in [-0.4, -0.2) is 11.1 Å². The highest BCUT2D eigenvalue weighted by Crippen LogP contribution is 2.30. The summed E-state index contributed by atoms with van der Waals surface area (Å²) in [6.07, 6.45) is 2.11. The van der Waals surface area contributed by atoms with Crippen molar-refractivity contribution in [1.29, 1.82) is 0 Å². The van der Waals surface area contributed by atoms with Crippen molar-refractivity contribution < 1.29 is 0 Å². The number of hydrogen-bond acceptors (Lipinski definition) is 2. The van der Waals surface area contributed by atoms with E-state index in [1.165, 1.54) is 0 Å². The van der Waals surface area contributed by atoms with Gasteiger partial charge in [0.05, 0.1) is 0 Å². The highest BCUT2D eigenvalue weighted by atomic mass is 15.1. The Balaban J connectivity index is 3.00. The van der Waals surface area contributed by atoms with Crippen molar-refractivity contribution in [2.45, 2.75) is 45.7 Å². The minimum atomic E-state index is 0.0279. The zero-order valence-electron chi connectivity index (χ0n) is 8.73. The molecule has 1 aliphatic rings. The molecule has 1 heterocycles. The molecule has 0 aromatic carbocycles. The van der Waals surface area contributed by atoms with Gasteiger partial charge >= 0.3 is 0 Å². The fourth-order valence-electron chi connectivity index (χ4n) is 1.93. The van der Waals surface area contributed by atoms with Gasteiger partial charge in [0.25, 0.3) is 0 Å². The molecular weight excluding hydrogens is 148 g/mol. The molecule has 1 atom stereocenters. The van der Waals surface area contributed by atoms with E-state index in [1.54, 1.807) is 0 Å². The third kappa shape index (κ3) is 1.63. The van der Waals surface area contributed by atoms with Crippen LogP contribution >= 0.6 is 0 Å². The average Bonchev–Trinajstić information content (AvgIpc) is 1.79. The normalized spacial score (nSPS) is 32.8. The third-order valence-electron chi connectivity index (χ3n) is 2.75. The predicted molar refractivity (Wildman–Crippen MR) is 52.7 cm³/mol. The van der Waals surface area contributed by atoms with Crippen LogP contribution in [-0.2, 0) is 0 Å². The van der Waals surface area contributed by atoms with Crippen LogP contribution in [0.4, 0.5) is 0 Å². The zero-order chi connectivity index (χ0) is 9.57. The second kappa shape index (κ2) is 2.49. The molecule has 2 heteroatoms. The number of nitrogens with two attached hydrogens (primary N) is 1. The third-order valence-corrected chi connectivity index (χ3v) is 2.75. The first-order valence-electron chi connectivity index (χ1n) is 4.52. The summed E-state index contributed by atoms with van der Waals surface area (Å²) >= 11 is 0. The van der Waals surface area contributed by atoms with E-state index >= 15 is 0 Å². The highest BCUT2D eigenvalue weighted by molar-refractivity contribution is 5.21. The second-order valence-electron chi connectivity index (χ2n) is 4.93. The summed E-state index contributed by atoms with van der Waals surface area (Å²) in [6.45, 7) is 10.8. The molecule has 12 heavy (non-hydrogen) atoms. The SMILES string of the molecule is CC1C(N)=CC(C)(C)NC1(C)C. The molecule has 1 aliphatic heterocycles. The van der Waals surface area contributed by atoms with Crippen LogP contribution in [0.3, 0.4) is 0 Å². The van der Waals surface area contributed by atoms with Crippen molar-refractivity contribution in [3.05, 3.63) is 11.8 Å². The summed E-state index contributed by atoms with van der Waals surface area (Å²) in [4.78, 5) is 0. The van der Waals surface area contributed by atoms with Gasteiger partial charge in [-0.2, -0.15) is 0 Å². The van der Waals surface area contributed by atoms with Crippen LogP contribution in [0.25, 0.3) is 0 Å². The summed E-state index contributed by atoms with van der Waals surface area (Å²) in [6, 6.07) is 0. The number of rotatable bonds is 0. The Kier molecular flexibility index (Phi) is 1.99. The Morgan fingerprint density at radius 1 is 1.33 bits per heavy atom. The van der Waals surface area contributed by atoms with Crippen molar-refractivity contribution in [3.63, 3.8) is 0 Å². The summed E-state index contributed by atoms with van der Waals surface area (Å²) in [7, 11) is 0. The lowest BCUT2D eigenvalue weighted by molar-refractivity contribution is 0.222. The summed E-state index contributed by atoms with van der Waals surface area (Å²) in [5, 5.41) is 3.56. The fraction of sp³-hybridized carbons (Fsp3) is 0.800. The molecular formula is C10H20N2. The molecule has 0 aliphatic carbocycles. The molecule has 2 nitrogen and oxygen atoms in total. The van der Waals surface area contributed by atoms with Crippen LogP contribution in [0.5, 0.6) is 0 Å². The van der Waals surface area contributed by atoms with Crippen molar-refractivity contribution in [3.8, 4) is 0 Å². The molecule has 0 amide bonds. The van der Waals surface area contributed by atoms with Gasteiger partial charge in [-0.1, -0.05) is 6.92 Å². The first-order valence-corrected chi connectivity index (χ1v) is 4.52. The van der Waals surface area contributed by atoms with Gasteiger partial charge < -0.3 is 11.1 Å². The maximum atomic E-state index is 5.95. The lowest BCUT2D eigenvalue weighted by Crippen LogP contribution is -2.59. The molecule has 0 spiro atoms. The van der Waals surface area contributed by atoms with Crippen molar-refractivity contribution in [2.75, 3.05) is 0 Å². The van der Waals surface area contributed by atoms with E-state index in [-0.39, 0.29) is 11.1 Å². The van der Waals surface area contributed by atoms with Gasteiger partial charge in [-0.3, -0.25) is 0 Å². The molecule has 1 unspecified atom stereocenters. The number of nitrogens with one attached hydrogen (secondary N) is 1. The largest absolute Gasteiger partial charge is 0.402 e. The summed E-state index contributed by atoms with van der Waals surface area (Å²) in [5.74, 6) is 0.408. The van der Waals surface area contributed by atoms with Crippen molar-refractivity contribution >= 4 is 0 Å². The van der Waals surface area contributed by atoms with Crippen LogP contribution in [0, 0.1) is 5.92 Å². The van der Waals surface area contributed by atoms with Crippen molar-refractivity contribution in [1.82, 2.24) is 5.32 Å². The highest BCUT2D eigenvalue weighted by Gasteiger charge is 2.36. The standard InChI is InChI=1S/C10H20N2/c1-7-8(11)6-9(2,3)12-10(7,4)5/h6-7,12H,11H2,1-5H3. The lowest BCUT2D eigenvalue weighted by Gasteiger charge is -2.44. The minimum Gasteiger partial charge on any atom is -0.402 e. The Labute approximate surface area is 75.2 Å². The molecule has 0 saturated carbocycles. The monoisotopic (exact) mass is 168 g/mol. The van der Waals surface area contributed by atoms with Crippen LogP contribution in [0.2, 0.25) is 0 Å². The Morgan fingerprint density at radius 2 is 1.83 bits per heavy atom. The van der Waals surface area contributed by atoms with E-state index in [9.17, 15) is 0 Å². The van der Waals surface area contributed by atoms with Crippen molar-refractivity contribution in [2.24, 2.45) is 11.7 Å². The van der Waals surface area contributed by atoms with Gasteiger partial charge in [-0.25, -0.2) is 0 Å². The Morgan fingerprint density at radius 3 is 2.25 bits per heavy atom. The van der Waals surface area contributed by atoms with E-state index in [1.807, 2.05) is 0 Å². The Hall–Kier alpha value is -0.500. The molecule has 0 radical (unpaired) electrons. The summed E-state index contributed by atoms with van der Waals surface area (Å²) < 4.78 is 0. The molecule has 3 N–H and O–H groups in total. The van der Waals surface area contributed by atoms with Gasteiger partial charge in [0.15, 0.2) is 0 Å². The number of hydrogen-bond donors (Lipinski definition) is 2. The molecule has 1 rings (SSSR count). The predicted octanol–water partition coefficient (Wildman–Crippen LogP) is 1.63. The minimum absolute atomic E-state index is 0.0279. The molecule has 0 saturated heterocycles. The molecule has 0 fully saturated rings. The van der Waals surface area contributed by atoms with Crippen LogP contribution in [0.15, 0.2) is 11.8 Å². The Bertz CT molecular complexity index is 214.